The molecule has 0 aromatic heterocycles. The molecule has 1 aliphatic heterocycles. The molecular formula is C9H14Br2O2. The highest BCUT2D eigenvalue weighted by Gasteiger charge is 2.51. The van der Waals surface area contributed by atoms with Gasteiger partial charge in [0, 0.05) is 0 Å². The Labute approximate surface area is 95.7 Å². The Morgan fingerprint density at radius 3 is 1.69 bits per heavy atom. The standard InChI is InChI=1S/C9H14Br2O2/c1-8(2)6(10)5(12)7(11)9(3,4)13-8/h6-7H,1-4H3. The number of ether oxygens (including phenoxy) is 1. The fourth-order valence-corrected chi connectivity index (χ4v) is 2.67. The predicted molar refractivity (Wildman–Crippen MR) is 59.7 cm³/mol. The third-order valence-corrected chi connectivity index (χ3v) is 5.35. The Morgan fingerprint density at radius 1 is 1.08 bits per heavy atom. The van der Waals surface area contributed by atoms with Crippen LogP contribution in [0.25, 0.3) is 0 Å². The minimum atomic E-state index is -0.440. The SMILES string of the molecule is CC1(C)OC(C)(C)C(Br)C(=O)C1Br. The van der Waals surface area contributed by atoms with Crippen LogP contribution in [0.4, 0.5) is 0 Å². The predicted octanol–water partition coefficient (Wildman–Crippen LogP) is 2.67. The summed E-state index contributed by atoms with van der Waals surface area (Å²) in [5, 5.41) is 0. The molecule has 0 amide bonds. The minimum absolute atomic E-state index is 0.154. The number of halogens is 2. The lowest BCUT2D eigenvalue weighted by Gasteiger charge is -2.46. The van der Waals surface area contributed by atoms with Crippen LogP contribution in [0.3, 0.4) is 0 Å². The van der Waals surface area contributed by atoms with Gasteiger partial charge in [-0.1, -0.05) is 31.9 Å². The van der Waals surface area contributed by atoms with Crippen LogP contribution >= 0.6 is 31.9 Å². The van der Waals surface area contributed by atoms with Gasteiger partial charge in [-0.05, 0) is 27.7 Å². The lowest BCUT2D eigenvalue weighted by Crippen LogP contribution is -2.59. The van der Waals surface area contributed by atoms with Crippen LogP contribution in [0.1, 0.15) is 27.7 Å². The number of ketones is 1. The van der Waals surface area contributed by atoms with E-state index >= 15 is 0 Å². The van der Waals surface area contributed by atoms with Crippen LogP contribution in [0.2, 0.25) is 0 Å². The summed E-state index contributed by atoms with van der Waals surface area (Å²) in [7, 11) is 0. The summed E-state index contributed by atoms with van der Waals surface area (Å²) in [4.78, 5) is 11.3. The molecule has 2 unspecified atom stereocenters. The van der Waals surface area contributed by atoms with Crippen molar-refractivity contribution in [3.63, 3.8) is 0 Å². The molecule has 0 aliphatic carbocycles. The van der Waals surface area contributed by atoms with Gasteiger partial charge in [-0.2, -0.15) is 0 Å². The Morgan fingerprint density at radius 2 is 1.38 bits per heavy atom. The molecule has 1 fully saturated rings. The van der Waals surface area contributed by atoms with Crippen molar-refractivity contribution in [3.05, 3.63) is 0 Å². The van der Waals surface area contributed by atoms with E-state index in [1.165, 1.54) is 0 Å². The third kappa shape index (κ3) is 2.00. The number of carbonyl (C=O) groups excluding carboxylic acids is 1. The summed E-state index contributed by atoms with van der Waals surface area (Å²) in [5.74, 6) is 0.154. The van der Waals surface area contributed by atoms with Crippen molar-refractivity contribution < 1.29 is 9.53 Å². The Hall–Kier alpha value is 0.590. The first-order chi connectivity index (χ1) is 5.68. The van der Waals surface area contributed by atoms with Crippen molar-refractivity contribution in [2.24, 2.45) is 0 Å². The van der Waals surface area contributed by atoms with Crippen molar-refractivity contribution in [2.75, 3.05) is 0 Å². The first kappa shape index (κ1) is 11.7. The number of hydrogen-bond acceptors (Lipinski definition) is 2. The average Bonchev–Trinajstić information content (AvgIpc) is 1.96. The molecule has 1 heterocycles. The van der Waals surface area contributed by atoms with Crippen molar-refractivity contribution in [2.45, 2.75) is 48.6 Å². The minimum Gasteiger partial charge on any atom is -0.366 e. The second-order valence-corrected chi connectivity index (χ2v) is 6.27. The van der Waals surface area contributed by atoms with Crippen molar-refractivity contribution in [3.8, 4) is 0 Å². The normalized spacial score (nSPS) is 37.5. The van der Waals surface area contributed by atoms with Crippen LogP contribution in [-0.4, -0.2) is 26.6 Å². The molecule has 0 aromatic rings. The van der Waals surface area contributed by atoms with Gasteiger partial charge in [0.15, 0.2) is 5.78 Å². The Kier molecular flexibility index (Phi) is 2.97. The van der Waals surface area contributed by atoms with Crippen LogP contribution < -0.4 is 0 Å². The van der Waals surface area contributed by atoms with E-state index < -0.39 is 11.2 Å². The van der Waals surface area contributed by atoms with E-state index in [0.717, 1.165) is 0 Å². The van der Waals surface area contributed by atoms with E-state index in [1.54, 1.807) is 0 Å². The van der Waals surface area contributed by atoms with Crippen molar-refractivity contribution >= 4 is 37.6 Å². The van der Waals surface area contributed by atoms with E-state index in [2.05, 4.69) is 31.9 Å². The number of Topliss-reactive ketones (excluding diaryl/α,β-unsaturated/α-hetero) is 1. The summed E-state index contributed by atoms with van der Waals surface area (Å²) in [5.41, 5.74) is -0.879. The number of rotatable bonds is 0. The molecule has 2 atom stereocenters. The largest absolute Gasteiger partial charge is 0.366 e. The molecule has 0 bridgehead atoms. The molecule has 0 N–H and O–H groups in total. The van der Waals surface area contributed by atoms with Gasteiger partial charge in [0.2, 0.25) is 0 Å². The molecule has 0 spiro atoms. The summed E-state index contributed by atoms with van der Waals surface area (Å²) in [6, 6.07) is 0. The molecule has 1 aliphatic rings. The molecule has 13 heavy (non-hydrogen) atoms. The molecule has 1 saturated heterocycles. The smallest absolute Gasteiger partial charge is 0.165 e. The second-order valence-electron chi connectivity index (χ2n) is 4.44. The van der Waals surface area contributed by atoms with Gasteiger partial charge >= 0.3 is 0 Å². The number of hydrogen-bond donors (Lipinski definition) is 0. The van der Waals surface area contributed by atoms with Crippen molar-refractivity contribution in [1.82, 2.24) is 0 Å². The monoisotopic (exact) mass is 312 g/mol. The Balaban J connectivity index is 3.00. The Bertz CT molecular complexity index is 214. The highest BCUT2D eigenvalue weighted by Crippen LogP contribution is 2.39. The van der Waals surface area contributed by atoms with Gasteiger partial charge < -0.3 is 4.74 Å². The maximum Gasteiger partial charge on any atom is 0.165 e. The highest BCUT2D eigenvalue weighted by molar-refractivity contribution is 9.10. The van der Waals surface area contributed by atoms with Crippen LogP contribution in [0.5, 0.6) is 0 Å². The molecule has 0 saturated carbocycles. The highest BCUT2D eigenvalue weighted by atomic mass is 79.9. The summed E-state index contributed by atoms with van der Waals surface area (Å²) >= 11 is 6.73. The molecule has 4 heteroatoms. The molecule has 0 aromatic carbocycles. The van der Waals surface area contributed by atoms with Gasteiger partial charge in [-0.15, -0.1) is 0 Å². The first-order valence-corrected chi connectivity index (χ1v) is 6.03. The maximum atomic E-state index is 11.8. The van der Waals surface area contributed by atoms with E-state index in [1.807, 2.05) is 27.7 Å². The van der Waals surface area contributed by atoms with E-state index in [0.29, 0.717) is 0 Å². The third-order valence-electron chi connectivity index (χ3n) is 2.25. The van der Waals surface area contributed by atoms with Crippen LogP contribution in [0.15, 0.2) is 0 Å². The number of alkyl halides is 2. The topological polar surface area (TPSA) is 26.3 Å². The van der Waals surface area contributed by atoms with E-state index in [9.17, 15) is 4.79 Å². The molecule has 2 nitrogen and oxygen atoms in total. The molecular weight excluding hydrogens is 300 g/mol. The van der Waals surface area contributed by atoms with E-state index in [4.69, 9.17) is 4.74 Å². The van der Waals surface area contributed by atoms with Gasteiger partial charge in [-0.25, -0.2) is 0 Å². The van der Waals surface area contributed by atoms with Gasteiger partial charge in [-0.3, -0.25) is 4.79 Å². The quantitative estimate of drug-likeness (QED) is 0.643. The van der Waals surface area contributed by atoms with Crippen molar-refractivity contribution in [1.29, 1.82) is 0 Å². The van der Waals surface area contributed by atoms with Crippen LogP contribution in [0, 0.1) is 0 Å². The summed E-state index contributed by atoms with van der Waals surface area (Å²) in [6.07, 6.45) is 0. The molecule has 0 radical (unpaired) electrons. The fraction of sp³-hybridized carbons (Fsp3) is 0.889. The second kappa shape index (κ2) is 3.31. The summed E-state index contributed by atoms with van der Waals surface area (Å²) in [6.45, 7) is 7.69. The van der Waals surface area contributed by atoms with Gasteiger partial charge in [0.05, 0.1) is 11.2 Å². The zero-order chi connectivity index (χ0) is 10.4. The number of carbonyl (C=O) groups is 1. The summed E-state index contributed by atoms with van der Waals surface area (Å²) < 4.78 is 5.84. The first-order valence-electron chi connectivity index (χ1n) is 4.20. The average molecular weight is 314 g/mol. The zero-order valence-corrected chi connectivity index (χ0v) is 11.4. The van der Waals surface area contributed by atoms with Crippen LogP contribution in [-0.2, 0) is 9.53 Å². The zero-order valence-electron chi connectivity index (χ0n) is 8.23. The van der Waals surface area contributed by atoms with Gasteiger partial charge in [0.25, 0.3) is 0 Å². The molecule has 76 valence electrons. The fourth-order valence-electron chi connectivity index (χ4n) is 1.60. The van der Waals surface area contributed by atoms with Gasteiger partial charge in [0.1, 0.15) is 9.65 Å². The lowest BCUT2D eigenvalue weighted by atomic mass is 9.88. The molecule has 1 rings (SSSR count). The lowest BCUT2D eigenvalue weighted by molar-refractivity contribution is -0.162. The van der Waals surface area contributed by atoms with E-state index in [-0.39, 0.29) is 15.4 Å². The maximum absolute atomic E-state index is 11.8.